The van der Waals surface area contributed by atoms with E-state index in [2.05, 4.69) is 36.3 Å². The van der Waals surface area contributed by atoms with Gasteiger partial charge in [-0.15, -0.1) is 10.2 Å². The van der Waals surface area contributed by atoms with Crippen molar-refractivity contribution in [1.29, 1.82) is 0 Å². The molecular formula is C11H19N3S. The number of hydrogen-bond donors (Lipinski definition) is 1. The van der Waals surface area contributed by atoms with Gasteiger partial charge in [-0.05, 0) is 25.2 Å². The summed E-state index contributed by atoms with van der Waals surface area (Å²) in [4.78, 5) is 0. The fourth-order valence-electron chi connectivity index (χ4n) is 2.04. The van der Waals surface area contributed by atoms with Gasteiger partial charge in [-0.25, -0.2) is 0 Å². The lowest BCUT2D eigenvalue weighted by Crippen LogP contribution is -2.14. The molecule has 0 aliphatic heterocycles. The molecule has 1 fully saturated rings. The van der Waals surface area contributed by atoms with Gasteiger partial charge in [0.25, 0.3) is 0 Å². The molecule has 0 aromatic carbocycles. The van der Waals surface area contributed by atoms with Crippen LogP contribution in [-0.4, -0.2) is 16.2 Å². The van der Waals surface area contributed by atoms with Crippen molar-refractivity contribution >= 4 is 16.5 Å². The Balaban J connectivity index is 1.93. The maximum atomic E-state index is 4.18. The predicted octanol–water partition coefficient (Wildman–Crippen LogP) is 3.26. The molecule has 4 heteroatoms. The first kappa shape index (κ1) is 10.9. The summed E-state index contributed by atoms with van der Waals surface area (Å²) in [5.74, 6) is 1.35. The summed E-state index contributed by atoms with van der Waals surface area (Å²) in [6, 6.07) is 0.618. The van der Waals surface area contributed by atoms with Crippen molar-refractivity contribution in [2.45, 2.75) is 52.0 Å². The highest BCUT2D eigenvalue weighted by Crippen LogP contribution is 2.29. The van der Waals surface area contributed by atoms with Crippen molar-refractivity contribution in [1.82, 2.24) is 10.2 Å². The van der Waals surface area contributed by atoms with Crippen LogP contribution in [0.15, 0.2) is 0 Å². The minimum absolute atomic E-state index is 0.487. The van der Waals surface area contributed by atoms with E-state index < -0.39 is 0 Å². The van der Waals surface area contributed by atoms with E-state index >= 15 is 0 Å². The highest BCUT2D eigenvalue weighted by atomic mass is 32.1. The van der Waals surface area contributed by atoms with Crippen LogP contribution >= 0.6 is 11.3 Å². The highest BCUT2D eigenvalue weighted by molar-refractivity contribution is 7.15. The normalized spacial score (nSPS) is 26.1. The fourth-order valence-corrected chi connectivity index (χ4v) is 2.86. The van der Waals surface area contributed by atoms with Crippen molar-refractivity contribution in [3.8, 4) is 0 Å². The molecule has 0 saturated heterocycles. The molecule has 2 rings (SSSR count). The molecule has 1 saturated carbocycles. The van der Waals surface area contributed by atoms with Crippen LogP contribution in [-0.2, 0) is 0 Å². The number of anilines is 1. The Morgan fingerprint density at radius 2 is 2.13 bits per heavy atom. The molecule has 84 valence electrons. The van der Waals surface area contributed by atoms with Crippen LogP contribution in [0.5, 0.6) is 0 Å². The summed E-state index contributed by atoms with van der Waals surface area (Å²) >= 11 is 1.70. The minimum atomic E-state index is 0.487. The van der Waals surface area contributed by atoms with Crippen LogP contribution < -0.4 is 5.32 Å². The van der Waals surface area contributed by atoms with Gasteiger partial charge in [0.05, 0.1) is 0 Å². The van der Waals surface area contributed by atoms with Crippen molar-refractivity contribution in [3.05, 3.63) is 5.01 Å². The second-order valence-electron chi connectivity index (χ2n) is 4.86. The van der Waals surface area contributed by atoms with Crippen LogP contribution in [0.2, 0.25) is 0 Å². The number of rotatable bonds is 3. The van der Waals surface area contributed by atoms with Crippen LogP contribution in [0.1, 0.15) is 51.0 Å². The van der Waals surface area contributed by atoms with E-state index in [0.717, 1.165) is 16.1 Å². The summed E-state index contributed by atoms with van der Waals surface area (Å²) in [5, 5.41) is 14.0. The van der Waals surface area contributed by atoms with Gasteiger partial charge in [-0.1, -0.05) is 32.1 Å². The minimum Gasteiger partial charge on any atom is -0.357 e. The molecule has 0 bridgehead atoms. The lowest BCUT2D eigenvalue weighted by molar-refractivity contribution is 0.602. The zero-order valence-electron chi connectivity index (χ0n) is 9.66. The van der Waals surface area contributed by atoms with Crippen LogP contribution in [0.25, 0.3) is 0 Å². The van der Waals surface area contributed by atoms with Crippen molar-refractivity contribution in [3.63, 3.8) is 0 Å². The van der Waals surface area contributed by atoms with E-state index in [4.69, 9.17) is 0 Å². The Bertz CT molecular complexity index is 321. The molecule has 0 spiro atoms. The van der Waals surface area contributed by atoms with Crippen LogP contribution in [0, 0.1) is 5.92 Å². The van der Waals surface area contributed by atoms with Gasteiger partial charge in [0.2, 0.25) is 5.13 Å². The maximum Gasteiger partial charge on any atom is 0.205 e. The Morgan fingerprint density at radius 1 is 1.33 bits per heavy atom. The van der Waals surface area contributed by atoms with Gasteiger partial charge >= 0.3 is 0 Å². The monoisotopic (exact) mass is 225 g/mol. The quantitative estimate of drug-likeness (QED) is 0.858. The summed E-state index contributed by atoms with van der Waals surface area (Å²) in [6.45, 7) is 6.63. The molecule has 0 amide bonds. The molecule has 15 heavy (non-hydrogen) atoms. The van der Waals surface area contributed by atoms with Gasteiger partial charge in [-0.3, -0.25) is 0 Å². The standard InChI is InChI=1S/C11H19N3S/c1-7(2)10-13-14-11(15-10)12-9-5-4-8(3)6-9/h7-9H,4-6H2,1-3H3,(H,12,14). The molecule has 1 aliphatic carbocycles. The SMILES string of the molecule is CC1CCC(Nc2nnc(C(C)C)s2)C1. The maximum absolute atomic E-state index is 4.18. The zero-order valence-corrected chi connectivity index (χ0v) is 10.5. The number of nitrogens with one attached hydrogen (secondary N) is 1. The third kappa shape index (κ3) is 2.68. The van der Waals surface area contributed by atoms with Crippen molar-refractivity contribution in [2.24, 2.45) is 5.92 Å². The second kappa shape index (κ2) is 4.47. The first-order valence-corrected chi connectivity index (χ1v) is 6.56. The Labute approximate surface area is 95.3 Å². The molecule has 1 N–H and O–H groups in total. The third-order valence-electron chi connectivity index (χ3n) is 2.96. The Hall–Kier alpha value is -0.640. The highest BCUT2D eigenvalue weighted by Gasteiger charge is 2.22. The molecular weight excluding hydrogens is 206 g/mol. The summed E-state index contributed by atoms with van der Waals surface area (Å²) in [7, 11) is 0. The van der Waals surface area contributed by atoms with E-state index in [-0.39, 0.29) is 0 Å². The predicted molar refractivity (Wildman–Crippen MR) is 64.4 cm³/mol. The first-order valence-electron chi connectivity index (χ1n) is 5.75. The van der Waals surface area contributed by atoms with E-state index in [1.54, 1.807) is 11.3 Å². The summed E-state index contributed by atoms with van der Waals surface area (Å²) < 4.78 is 0. The fraction of sp³-hybridized carbons (Fsp3) is 0.818. The Kier molecular flexibility index (Phi) is 3.24. The topological polar surface area (TPSA) is 37.8 Å². The largest absolute Gasteiger partial charge is 0.357 e. The van der Waals surface area contributed by atoms with Gasteiger partial charge in [0.1, 0.15) is 5.01 Å². The molecule has 0 radical (unpaired) electrons. The lowest BCUT2D eigenvalue weighted by Gasteiger charge is -2.09. The zero-order chi connectivity index (χ0) is 10.8. The summed E-state index contributed by atoms with van der Waals surface area (Å²) in [5.41, 5.74) is 0. The molecule has 1 aromatic rings. The molecule has 1 aromatic heterocycles. The molecule has 1 aliphatic rings. The van der Waals surface area contributed by atoms with Crippen molar-refractivity contribution in [2.75, 3.05) is 5.32 Å². The average molecular weight is 225 g/mol. The molecule has 3 nitrogen and oxygen atoms in total. The second-order valence-corrected chi connectivity index (χ2v) is 5.87. The van der Waals surface area contributed by atoms with Gasteiger partial charge in [0.15, 0.2) is 0 Å². The van der Waals surface area contributed by atoms with E-state index in [1.807, 2.05) is 0 Å². The molecule has 2 atom stereocenters. The van der Waals surface area contributed by atoms with Gasteiger partial charge in [0, 0.05) is 12.0 Å². The van der Waals surface area contributed by atoms with Crippen LogP contribution in [0.3, 0.4) is 0 Å². The lowest BCUT2D eigenvalue weighted by atomic mass is 10.1. The van der Waals surface area contributed by atoms with E-state index in [1.165, 1.54) is 19.3 Å². The smallest absolute Gasteiger partial charge is 0.205 e. The third-order valence-corrected chi connectivity index (χ3v) is 4.11. The van der Waals surface area contributed by atoms with E-state index in [9.17, 15) is 0 Å². The van der Waals surface area contributed by atoms with E-state index in [0.29, 0.717) is 12.0 Å². The van der Waals surface area contributed by atoms with Gasteiger partial charge < -0.3 is 5.32 Å². The number of nitrogens with zero attached hydrogens (tertiary/aromatic N) is 2. The summed E-state index contributed by atoms with van der Waals surface area (Å²) in [6.07, 6.45) is 3.89. The molecule has 1 heterocycles. The number of hydrogen-bond acceptors (Lipinski definition) is 4. The van der Waals surface area contributed by atoms with Crippen molar-refractivity contribution < 1.29 is 0 Å². The first-order chi connectivity index (χ1) is 7.15. The van der Waals surface area contributed by atoms with Gasteiger partial charge in [-0.2, -0.15) is 0 Å². The molecule has 2 unspecified atom stereocenters. The Morgan fingerprint density at radius 3 is 2.67 bits per heavy atom. The van der Waals surface area contributed by atoms with Crippen LogP contribution in [0.4, 0.5) is 5.13 Å². The number of aromatic nitrogens is 2. The average Bonchev–Trinajstić information content (AvgIpc) is 2.76.